The van der Waals surface area contributed by atoms with Gasteiger partial charge in [-0.2, -0.15) is 0 Å². The molecule has 25 heavy (non-hydrogen) atoms. The van der Waals surface area contributed by atoms with Crippen molar-refractivity contribution in [2.75, 3.05) is 26.7 Å². The van der Waals surface area contributed by atoms with E-state index >= 15 is 0 Å². The fourth-order valence-corrected chi connectivity index (χ4v) is 2.85. The lowest BCUT2D eigenvalue weighted by Crippen LogP contribution is -2.48. The van der Waals surface area contributed by atoms with Crippen molar-refractivity contribution >= 4 is 35.8 Å². The van der Waals surface area contributed by atoms with Crippen LogP contribution in [0.15, 0.2) is 21.5 Å². The van der Waals surface area contributed by atoms with Crippen LogP contribution in [0.5, 0.6) is 0 Å². The molecule has 0 unspecified atom stereocenters. The number of likely N-dealkylation sites (tertiary alicyclic amines) is 1. The molecule has 0 bridgehead atoms. The first-order chi connectivity index (χ1) is 11.6. The molecule has 0 radical (unpaired) electrons. The zero-order chi connectivity index (χ0) is 17.4. The maximum atomic E-state index is 11.0. The summed E-state index contributed by atoms with van der Waals surface area (Å²) < 4.78 is 5.36. The zero-order valence-electron chi connectivity index (χ0n) is 15.1. The molecule has 8 heteroatoms. The van der Waals surface area contributed by atoms with Crippen LogP contribution in [0.4, 0.5) is 0 Å². The molecular weight excluding hydrogens is 433 g/mol. The van der Waals surface area contributed by atoms with Crippen LogP contribution in [-0.2, 0) is 6.54 Å². The van der Waals surface area contributed by atoms with Crippen molar-refractivity contribution in [2.24, 2.45) is 10.7 Å². The monoisotopic (exact) mass is 463 g/mol. The second kappa shape index (κ2) is 11.3. The molecule has 1 aromatic heterocycles. The number of hydrogen-bond acceptors (Lipinski definition) is 4. The van der Waals surface area contributed by atoms with E-state index in [-0.39, 0.29) is 29.7 Å². The van der Waals surface area contributed by atoms with Crippen LogP contribution in [0.3, 0.4) is 0 Å². The third-order valence-electron chi connectivity index (χ3n) is 4.31. The number of hydrogen-bond donors (Lipinski definition) is 3. The maximum Gasteiger partial charge on any atom is 0.284 e. The molecule has 1 saturated heterocycles. The number of carbonyl (C=O) groups excluding carboxylic acids is 1. The normalized spacial score (nSPS) is 16.3. The van der Waals surface area contributed by atoms with E-state index in [1.54, 1.807) is 19.2 Å². The summed E-state index contributed by atoms with van der Waals surface area (Å²) >= 11 is 0. The van der Waals surface area contributed by atoms with E-state index in [9.17, 15) is 4.79 Å². The Morgan fingerprint density at radius 2 is 2.12 bits per heavy atom. The second-order valence-corrected chi connectivity index (χ2v) is 6.17. The van der Waals surface area contributed by atoms with E-state index in [2.05, 4.69) is 27.4 Å². The molecule has 0 saturated carbocycles. The smallest absolute Gasteiger partial charge is 0.284 e. The van der Waals surface area contributed by atoms with Crippen LogP contribution in [0, 0.1) is 0 Å². The van der Waals surface area contributed by atoms with Gasteiger partial charge >= 0.3 is 0 Å². The van der Waals surface area contributed by atoms with Gasteiger partial charge in [-0.1, -0.05) is 13.3 Å². The average Bonchev–Trinajstić information content (AvgIpc) is 3.07. The number of unbranched alkanes of at least 4 members (excludes halogenated alkanes) is 1. The molecule has 2 heterocycles. The molecule has 7 nitrogen and oxygen atoms in total. The van der Waals surface area contributed by atoms with Crippen LogP contribution in [0.2, 0.25) is 0 Å². The zero-order valence-corrected chi connectivity index (χ0v) is 17.4. The highest BCUT2D eigenvalue weighted by Crippen LogP contribution is 2.11. The molecule has 0 aromatic carbocycles. The lowest BCUT2D eigenvalue weighted by Gasteiger charge is -2.33. The number of piperidine rings is 1. The summed E-state index contributed by atoms with van der Waals surface area (Å²) in [6.07, 6.45) is 4.77. The molecule has 142 valence electrons. The minimum atomic E-state index is -0.557. The van der Waals surface area contributed by atoms with Gasteiger partial charge in [-0.05, 0) is 37.9 Å². The van der Waals surface area contributed by atoms with Crippen molar-refractivity contribution < 1.29 is 9.21 Å². The molecule has 0 atom stereocenters. The Labute approximate surface area is 166 Å². The quantitative estimate of drug-likeness (QED) is 0.326. The van der Waals surface area contributed by atoms with E-state index in [0.29, 0.717) is 18.3 Å². The highest BCUT2D eigenvalue weighted by molar-refractivity contribution is 14.0. The van der Waals surface area contributed by atoms with Gasteiger partial charge in [0.05, 0.1) is 6.54 Å². The van der Waals surface area contributed by atoms with Gasteiger partial charge in [-0.25, -0.2) is 0 Å². The molecule has 1 aromatic rings. The van der Waals surface area contributed by atoms with Crippen molar-refractivity contribution in [1.29, 1.82) is 0 Å². The number of nitrogens with zero attached hydrogens (tertiary/aromatic N) is 2. The van der Waals surface area contributed by atoms with Crippen LogP contribution >= 0.6 is 24.0 Å². The van der Waals surface area contributed by atoms with E-state index in [1.807, 2.05) is 0 Å². The Kier molecular flexibility index (Phi) is 9.88. The van der Waals surface area contributed by atoms with Crippen LogP contribution < -0.4 is 16.4 Å². The summed E-state index contributed by atoms with van der Waals surface area (Å²) in [5.41, 5.74) is 5.18. The van der Waals surface area contributed by atoms with E-state index in [4.69, 9.17) is 10.2 Å². The van der Waals surface area contributed by atoms with Crippen LogP contribution in [-0.4, -0.2) is 49.5 Å². The SMILES string of the molecule is CCCCN1CCC(NC(=NC)NCc2ccc(C(N)=O)o2)CC1.I. The Morgan fingerprint density at radius 3 is 2.68 bits per heavy atom. The van der Waals surface area contributed by atoms with Gasteiger partial charge in [0.25, 0.3) is 5.91 Å². The number of halogens is 1. The summed E-state index contributed by atoms with van der Waals surface area (Å²) in [5.74, 6) is 1.02. The van der Waals surface area contributed by atoms with Crippen LogP contribution in [0.25, 0.3) is 0 Å². The highest BCUT2D eigenvalue weighted by atomic mass is 127. The first kappa shape index (κ1) is 21.8. The first-order valence-electron chi connectivity index (χ1n) is 8.70. The Bertz CT molecular complexity index is 553. The number of aliphatic imine (C=N–C) groups is 1. The summed E-state index contributed by atoms with van der Waals surface area (Å²) in [6, 6.07) is 3.76. The summed E-state index contributed by atoms with van der Waals surface area (Å²) in [6.45, 7) is 6.16. The number of furan rings is 1. The Hall–Kier alpha value is -1.29. The first-order valence-corrected chi connectivity index (χ1v) is 8.70. The Balaban J connectivity index is 0.00000312. The molecule has 0 aliphatic carbocycles. The molecule has 1 amide bonds. The fourth-order valence-electron chi connectivity index (χ4n) is 2.85. The molecule has 1 aliphatic heterocycles. The molecule has 4 N–H and O–H groups in total. The molecular formula is C17H30IN5O2. The average molecular weight is 463 g/mol. The maximum absolute atomic E-state index is 11.0. The number of primary amides is 1. The van der Waals surface area contributed by atoms with E-state index < -0.39 is 5.91 Å². The van der Waals surface area contributed by atoms with Gasteiger partial charge in [0.1, 0.15) is 5.76 Å². The van der Waals surface area contributed by atoms with Gasteiger partial charge in [0, 0.05) is 26.2 Å². The number of guanidine groups is 1. The number of rotatable bonds is 7. The van der Waals surface area contributed by atoms with Crippen molar-refractivity contribution in [3.63, 3.8) is 0 Å². The van der Waals surface area contributed by atoms with Crippen molar-refractivity contribution in [1.82, 2.24) is 15.5 Å². The third-order valence-corrected chi connectivity index (χ3v) is 4.31. The lowest BCUT2D eigenvalue weighted by atomic mass is 10.0. The molecule has 0 spiro atoms. The van der Waals surface area contributed by atoms with Gasteiger partial charge in [0.15, 0.2) is 11.7 Å². The van der Waals surface area contributed by atoms with Crippen LogP contribution in [0.1, 0.15) is 48.9 Å². The molecule has 2 rings (SSSR count). The standard InChI is InChI=1S/C17H29N5O2.HI/c1-3-4-9-22-10-7-13(8-11-22)21-17(19-2)20-12-14-5-6-15(24-14)16(18)23;/h5-6,13H,3-4,7-12H2,1-2H3,(H2,18,23)(H2,19,20,21);1H. The molecule has 1 fully saturated rings. The van der Waals surface area contributed by atoms with Gasteiger partial charge in [0.2, 0.25) is 0 Å². The Morgan fingerprint density at radius 1 is 1.40 bits per heavy atom. The van der Waals surface area contributed by atoms with Gasteiger partial charge in [-0.15, -0.1) is 24.0 Å². The number of carbonyl (C=O) groups is 1. The summed E-state index contributed by atoms with van der Waals surface area (Å²) in [4.78, 5) is 17.8. The third kappa shape index (κ3) is 7.23. The van der Waals surface area contributed by atoms with E-state index in [1.165, 1.54) is 19.4 Å². The number of amides is 1. The second-order valence-electron chi connectivity index (χ2n) is 6.17. The predicted octanol–water partition coefficient (Wildman–Crippen LogP) is 1.93. The van der Waals surface area contributed by atoms with Gasteiger partial charge in [-0.3, -0.25) is 9.79 Å². The predicted molar refractivity (Wildman–Crippen MR) is 110 cm³/mol. The van der Waals surface area contributed by atoms with Crippen molar-refractivity contribution in [3.05, 3.63) is 23.7 Å². The summed E-state index contributed by atoms with van der Waals surface area (Å²) in [5, 5.41) is 6.67. The largest absolute Gasteiger partial charge is 0.454 e. The summed E-state index contributed by atoms with van der Waals surface area (Å²) in [7, 11) is 1.75. The van der Waals surface area contributed by atoms with E-state index in [0.717, 1.165) is 31.9 Å². The minimum absolute atomic E-state index is 0. The topological polar surface area (TPSA) is 95.9 Å². The van der Waals surface area contributed by atoms with Crippen molar-refractivity contribution in [2.45, 2.75) is 45.2 Å². The van der Waals surface area contributed by atoms with Gasteiger partial charge < -0.3 is 25.7 Å². The lowest BCUT2D eigenvalue weighted by molar-refractivity contribution is 0.0972. The number of nitrogens with two attached hydrogens (primary N) is 1. The fraction of sp³-hybridized carbons (Fsp3) is 0.647. The molecule has 1 aliphatic rings. The van der Waals surface area contributed by atoms with Crippen molar-refractivity contribution in [3.8, 4) is 0 Å². The highest BCUT2D eigenvalue weighted by Gasteiger charge is 2.19. The minimum Gasteiger partial charge on any atom is -0.454 e. The number of nitrogens with one attached hydrogen (secondary N) is 2.